The van der Waals surface area contributed by atoms with Gasteiger partial charge in [-0.25, -0.2) is 9.79 Å². The summed E-state index contributed by atoms with van der Waals surface area (Å²) in [7, 11) is 1.30. The summed E-state index contributed by atoms with van der Waals surface area (Å²) < 4.78 is 31.3. The second-order valence-corrected chi connectivity index (χ2v) is 11.6. The van der Waals surface area contributed by atoms with E-state index in [9.17, 15) is 9.59 Å². The average Bonchev–Trinajstić information content (AvgIpc) is 3.37. The number of methoxy groups -OCH3 is 1. The Bertz CT molecular complexity index is 1900. The quantitative estimate of drug-likeness (QED) is 0.180. The van der Waals surface area contributed by atoms with Crippen LogP contribution in [0.3, 0.4) is 0 Å². The Labute approximate surface area is 273 Å². The molecule has 0 radical (unpaired) electrons. The van der Waals surface area contributed by atoms with Crippen molar-refractivity contribution in [2.75, 3.05) is 26.9 Å². The third kappa shape index (κ3) is 6.99. The van der Waals surface area contributed by atoms with Crippen molar-refractivity contribution in [3.05, 3.63) is 113 Å². The first-order valence-corrected chi connectivity index (χ1v) is 16.1. The Morgan fingerprint density at radius 1 is 0.911 bits per heavy atom. The number of benzene rings is 3. The van der Waals surface area contributed by atoms with Gasteiger partial charge < -0.3 is 23.7 Å². The van der Waals surface area contributed by atoms with Crippen LogP contribution in [0, 0.1) is 0 Å². The lowest BCUT2D eigenvalue weighted by molar-refractivity contribution is -0.136. The van der Waals surface area contributed by atoms with E-state index in [2.05, 4.69) is 20.9 Å². The van der Waals surface area contributed by atoms with Crippen molar-refractivity contribution in [3.63, 3.8) is 0 Å². The van der Waals surface area contributed by atoms with E-state index in [1.54, 1.807) is 18.2 Å². The van der Waals surface area contributed by atoms with Crippen molar-refractivity contribution >= 4 is 39.3 Å². The maximum atomic E-state index is 14.1. The van der Waals surface area contributed by atoms with Gasteiger partial charge in [0.25, 0.3) is 5.56 Å². The fraction of sp³-hybridized carbons (Fsp3) is 0.265. The fourth-order valence-electron chi connectivity index (χ4n) is 4.91. The normalized spacial score (nSPS) is 14.2. The van der Waals surface area contributed by atoms with E-state index in [0.29, 0.717) is 64.3 Å². The standard InChI is InChI=1S/C34H33BrN2O7S/c1-5-41-26-14-13-22(15-27(26)42-6-2)31-24(33(39)40-4)19-36-34-37(31)32(38)30(45-34)17-23-16-28(43-7-3)29(18-25(23)35)44-20-21-11-9-8-10-12-21/h8-19,31H,5-7,20H2,1-4H3/b30-17-/t31-/m1/s1. The van der Waals surface area contributed by atoms with Crippen LogP contribution in [0.1, 0.15) is 43.5 Å². The molecule has 1 aliphatic heterocycles. The summed E-state index contributed by atoms with van der Waals surface area (Å²) in [5.74, 6) is 1.64. The van der Waals surface area contributed by atoms with Crippen LogP contribution in [0.15, 0.2) is 86.7 Å². The number of carbonyl (C=O) groups excluding carboxylic acids is 1. The van der Waals surface area contributed by atoms with Gasteiger partial charge >= 0.3 is 5.97 Å². The number of esters is 1. The minimum atomic E-state index is -0.790. The molecule has 0 N–H and O–H groups in total. The van der Waals surface area contributed by atoms with Crippen LogP contribution in [0.5, 0.6) is 23.0 Å². The summed E-state index contributed by atoms with van der Waals surface area (Å²) >= 11 is 4.87. The summed E-state index contributed by atoms with van der Waals surface area (Å²) in [5.41, 5.74) is 2.32. The number of halogens is 1. The van der Waals surface area contributed by atoms with E-state index in [0.717, 1.165) is 15.6 Å². The third-order valence-corrected chi connectivity index (χ3v) is 8.58. The number of rotatable bonds is 12. The predicted octanol–water partition coefficient (Wildman–Crippen LogP) is 5.56. The molecular weight excluding hydrogens is 660 g/mol. The molecule has 0 unspecified atom stereocenters. The van der Waals surface area contributed by atoms with Crippen molar-refractivity contribution in [2.45, 2.75) is 33.4 Å². The second kappa shape index (κ2) is 14.6. The van der Waals surface area contributed by atoms with Crippen molar-refractivity contribution < 1.29 is 28.5 Å². The highest BCUT2D eigenvalue weighted by Crippen LogP contribution is 2.36. The molecule has 0 aliphatic carbocycles. The Morgan fingerprint density at radius 3 is 2.27 bits per heavy atom. The first kappa shape index (κ1) is 32.1. The monoisotopic (exact) mass is 692 g/mol. The highest BCUT2D eigenvalue weighted by Gasteiger charge is 2.31. The fourth-order valence-corrected chi connectivity index (χ4v) is 6.30. The van der Waals surface area contributed by atoms with Crippen LogP contribution in [-0.4, -0.2) is 37.5 Å². The molecule has 45 heavy (non-hydrogen) atoms. The van der Waals surface area contributed by atoms with Crippen molar-refractivity contribution in [1.29, 1.82) is 0 Å². The van der Waals surface area contributed by atoms with Crippen LogP contribution in [0.4, 0.5) is 0 Å². The number of fused-ring (bicyclic) bond motifs is 1. The second-order valence-electron chi connectivity index (χ2n) is 9.78. The van der Waals surface area contributed by atoms with E-state index >= 15 is 0 Å². The molecule has 0 bridgehead atoms. The van der Waals surface area contributed by atoms with Crippen LogP contribution in [0.2, 0.25) is 0 Å². The minimum Gasteiger partial charge on any atom is -0.490 e. The molecule has 1 aromatic heterocycles. The molecule has 0 spiro atoms. The first-order chi connectivity index (χ1) is 21.9. The highest BCUT2D eigenvalue weighted by atomic mass is 79.9. The molecule has 0 saturated carbocycles. The molecule has 1 aliphatic rings. The topological polar surface area (TPSA) is 97.6 Å². The van der Waals surface area contributed by atoms with Crippen LogP contribution < -0.4 is 33.8 Å². The summed E-state index contributed by atoms with van der Waals surface area (Å²) in [5, 5.41) is 0. The summed E-state index contributed by atoms with van der Waals surface area (Å²) in [6.45, 7) is 7.36. The number of thiazole rings is 1. The van der Waals surface area contributed by atoms with Gasteiger partial charge in [-0.15, -0.1) is 0 Å². The maximum absolute atomic E-state index is 14.1. The zero-order chi connectivity index (χ0) is 31.9. The van der Waals surface area contributed by atoms with Crippen molar-refractivity contribution in [1.82, 2.24) is 4.57 Å². The molecule has 1 atom stereocenters. The zero-order valence-electron chi connectivity index (χ0n) is 25.4. The minimum absolute atomic E-state index is 0.225. The number of nitrogens with zero attached hydrogens (tertiary/aromatic N) is 2. The molecule has 3 aromatic carbocycles. The third-order valence-electron chi connectivity index (χ3n) is 6.89. The Balaban J connectivity index is 1.58. The van der Waals surface area contributed by atoms with Gasteiger partial charge in [-0.2, -0.15) is 0 Å². The lowest BCUT2D eigenvalue weighted by atomic mass is 9.97. The molecule has 0 amide bonds. The first-order valence-electron chi connectivity index (χ1n) is 14.5. The largest absolute Gasteiger partial charge is 0.490 e. The average molecular weight is 694 g/mol. The summed E-state index contributed by atoms with van der Waals surface area (Å²) in [6.07, 6.45) is 3.24. The SMILES string of the molecule is CCOc1ccc([C@@H]2C(C(=O)OC)=CN=c3s/c(=C\c4cc(OCC)c(OCc5ccccc5)cc4Br)c(=O)n32)cc1OCC. The van der Waals surface area contributed by atoms with E-state index in [4.69, 9.17) is 23.7 Å². The van der Waals surface area contributed by atoms with Gasteiger partial charge in [0.15, 0.2) is 27.8 Å². The van der Waals surface area contributed by atoms with Gasteiger partial charge in [-0.3, -0.25) is 9.36 Å². The highest BCUT2D eigenvalue weighted by molar-refractivity contribution is 9.10. The smallest absolute Gasteiger partial charge is 0.337 e. The predicted molar refractivity (Wildman–Crippen MR) is 176 cm³/mol. The molecule has 2 heterocycles. The Kier molecular flexibility index (Phi) is 10.4. The zero-order valence-corrected chi connectivity index (χ0v) is 27.8. The van der Waals surface area contributed by atoms with Gasteiger partial charge in [0.2, 0.25) is 0 Å². The molecule has 4 aromatic rings. The van der Waals surface area contributed by atoms with Gasteiger partial charge in [0.1, 0.15) is 6.61 Å². The maximum Gasteiger partial charge on any atom is 0.337 e. The van der Waals surface area contributed by atoms with Crippen molar-refractivity contribution in [2.24, 2.45) is 4.99 Å². The van der Waals surface area contributed by atoms with Crippen LogP contribution in [-0.2, 0) is 16.1 Å². The lowest BCUT2D eigenvalue weighted by Gasteiger charge is -2.23. The Hall–Kier alpha value is -4.35. The van der Waals surface area contributed by atoms with Gasteiger partial charge in [-0.1, -0.05) is 63.7 Å². The van der Waals surface area contributed by atoms with E-state index in [1.807, 2.05) is 69.3 Å². The molecule has 234 valence electrons. The molecule has 5 rings (SSSR count). The van der Waals surface area contributed by atoms with Crippen LogP contribution in [0.25, 0.3) is 6.08 Å². The van der Waals surface area contributed by atoms with Gasteiger partial charge in [0.05, 0.1) is 43.1 Å². The van der Waals surface area contributed by atoms with E-state index in [-0.39, 0.29) is 11.1 Å². The molecule has 11 heteroatoms. The molecule has 9 nitrogen and oxygen atoms in total. The van der Waals surface area contributed by atoms with Crippen molar-refractivity contribution in [3.8, 4) is 23.0 Å². The summed E-state index contributed by atoms with van der Waals surface area (Å²) in [6, 6.07) is 18.1. The summed E-state index contributed by atoms with van der Waals surface area (Å²) in [4.78, 5) is 31.9. The van der Waals surface area contributed by atoms with Crippen LogP contribution >= 0.6 is 27.3 Å². The van der Waals surface area contributed by atoms with Gasteiger partial charge in [0, 0.05) is 10.7 Å². The number of carbonyl (C=O) groups is 1. The molecule has 0 fully saturated rings. The number of ether oxygens (including phenoxy) is 5. The molecular formula is C34H33BrN2O7S. The van der Waals surface area contributed by atoms with Gasteiger partial charge in [-0.05, 0) is 67.8 Å². The number of hydrogen-bond donors (Lipinski definition) is 0. The number of aromatic nitrogens is 1. The molecule has 0 saturated heterocycles. The number of hydrogen-bond acceptors (Lipinski definition) is 9. The van der Waals surface area contributed by atoms with E-state index in [1.165, 1.54) is 29.2 Å². The lowest BCUT2D eigenvalue weighted by Crippen LogP contribution is -2.39. The Morgan fingerprint density at radius 2 is 1.58 bits per heavy atom. The van der Waals surface area contributed by atoms with E-state index < -0.39 is 12.0 Å².